The fourth-order valence-electron chi connectivity index (χ4n) is 3.39. The summed E-state index contributed by atoms with van der Waals surface area (Å²) in [6, 6.07) is 1.15. The van der Waals surface area contributed by atoms with E-state index in [1.54, 1.807) is 0 Å². The molecule has 0 aromatic carbocycles. The number of fused-ring (bicyclic) bond motifs is 2. The summed E-state index contributed by atoms with van der Waals surface area (Å²) < 4.78 is 22.1. The highest BCUT2D eigenvalue weighted by Crippen LogP contribution is 2.38. The van der Waals surface area contributed by atoms with Crippen molar-refractivity contribution in [1.29, 1.82) is 0 Å². The molecule has 104 valence electrons. The number of carbonyl (C=O) groups excluding carboxylic acids is 1. The normalized spacial score (nSPS) is 32.7. The van der Waals surface area contributed by atoms with Crippen LogP contribution in [0.1, 0.15) is 38.5 Å². The van der Waals surface area contributed by atoms with Gasteiger partial charge in [0.2, 0.25) is 0 Å². The van der Waals surface area contributed by atoms with E-state index in [1.807, 2.05) is 0 Å². The molecule has 0 aromatic rings. The molecule has 2 heterocycles. The second-order valence-corrected chi connectivity index (χ2v) is 8.18. The van der Waals surface area contributed by atoms with Gasteiger partial charge in [-0.25, -0.2) is 8.42 Å². The largest absolute Gasteiger partial charge is 0.300 e. The van der Waals surface area contributed by atoms with Gasteiger partial charge in [0.1, 0.15) is 15.6 Å². The summed E-state index contributed by atoms with van der Waals surface area (Å²) in [6.07, 6.45) is 6.53. The van der Waals surface area contributed by atoms with Crippen LogP contribution < -0.4 is 0 Å². The molecule has 0 amide bonds. The van der Waals surface area contributed by atoms with Crippen LogP contribution >= 0.6 is 0 Å². The van der Waals surface area contributed by atoms with Crippen molar-refractivity contribution in [2.45, 2.75) is 50.6 Å². The van der Waals surface area contributed by atoms with Crippen LogP contribution in [0.4, 0.5) is 0 Å². The SMILES string of the molecule is CN1C2CCC1CC(C(=O)CCCS(C)(=O)=O)C2. The number of piperidine rings is 1. The lowest BCUT2D eigenvalue weighted by Gasteiger charge is -2.35. The highest BCUT2D eigenvalue weighted by atomic mass is 32.2. The molecule has 2 bridgehead atoms. The Balaban J connectivity index is 1.80. The molecule has 2 unspecified atom stereocenters. The maximum atomic E-state index is 12.1. The maximum Gasteiger partial charge on any atom is 0.147 e. The van der Waals surface area contributed by atoms with E-state index in [0.717, 1.165) is 12.8 Å². The van der Waals surface area contributed by atoms with Gasteiger partial charge in [-0.05, 0) is 39.2 Å². The predicted octanol–water partition coefficient (Wildman–Crippen LogP) is 1.25. The third-order valence-corrected chi connectivity index (χ3v) is 5.52. The van der Waals surface area contributed by atoms with Gasteiger partial charge < -0.3 is 4.90 Å². The van der Waals surface area contributed by atoms with Crippen LogP contribution in [0.3, 0.4) is 0 Å². The Hall–Kier alpha value is -0.420. The molecule has 0 aromatic heterocycles. The number of rotatable bonds is 5. The fourth-order valence-corrected chi connectivity index (χ4v) is 4.06. The predicted molar refractivity (Wildman–Crippen MR) is 71.2 cm³/mol. The molecule has 5 heteroatoms. The average Bonchev–Trinajstić information content (AvgIpc) is 2.51. The van der Waals surface area contributed by atoms with E-state index in [-0.39, 0.29) is 17.5 Å². The summed E-state index contributed by atoms with van der Waals surface area (Å²) in [5.41, 5.74) is 0. The molecule has 2 aliphatic heterocycles. The summed E-state index contributed by atoms with van der Waals surface area (Å²) in [5, 5.41) is 0. The zero-order chi connectivity index (χ0) is 13.3. The molecule has 0 saturated carbocycles. The number of nitrogens with zero attached hydrogens (tertiary/aromatic N) is 1. The van der Waals surface area contributed by atoms with E-state index in [9.17, 15) is 13.2 Å². The summed E-state index contributed by atoms with van der Waals surface area (Å²) in [6.45, 7) is 0. The first-order valence-corrected chi connectivity index (χ1v) is 8.85. The van der Waals surface area contributed by atoms with E-state index in [0.29, 0.717) is 24.9 Å². The van der Waals surface area contributed by atoms with Crippen LogP contribution in [-0.4, -0.2) is 50.2 Å². The van der Waals surface area contributed by atoms with Crippen LogP contribution in [0.25, 0.3) is 0 Å². The number of hydrogen-bond donors (Lipinski definition) is 0. The van der Waals surface area contributed by atoms with Crippen LogP contribution in [0.15, 0.2) is 0 Å². The quantitative estimate of drug-likeness (QED) is 0.756. The van der Waals surface area contributed by atoms with Crippen molar-refractivity contribution in [1.82, 2.24) is 4.90 Å². The lowest BCUT2D eigenvalue weighted by atomic mass is 9.86. The molecular weight excluding hydrogens is 250 g/mol. The summed E-state index contributed by atoms with van der Waals surface area (Å²) in [4.78, 5) is 14.5. The minimum Gasteiger partial charge on any atom is -0.300 e. The molecule has 2 aliphatic rings. The highest BCUT2D eigenvalue weighted by molar-refractivity contribution is 7.90. The van der Waals surface area contributed by atoms with Crippen molar-refractivity contribution >= 4 is 15.6 Å². The molecule has 2 atom stereocenters. The lowest BCUT2D eigenvalue weighted by molar-refractivity contribution is -0.125. The molecule has 0 radical (unpaired) electrons. The van der Waals surface area contributed by atoms with Crippen molar-refractivity contribution in [3.8, 4) is 0 Å². The van der Waals surface area contributed by atoms with Crippen molar-refractivity contribution < 1.29 is 13.2 Å². The van der Waals surface area contributed by atoms with Gasteiger partial charge in [0.15, 0.2) is 0 Å². The second kappa shape index (κ2) is 5.29. The van der Waals surface area contributed by atoms with Crippen molar-refractivity contribution in [3.63, 3.8) is 0 Å². The number of ketones is 1. The molecule has 2 rings (SSSR count). The summed E-state index contributed by atoms with van der Waals surface area (Å²) in [5.74, 6) is 0.597. The van der Waals surface area contributed by atoms with Gasteiger partial charge in [-0.2, -0.15) is 0 Å². The molecule has 0 aliphatic carbocycles. The molecular formula is C13H23NO3S. The van der Waals surface area contributed by atoms with Crippen molar-refractivity contribution in [2.75, 3.05) is 19.1 Å². The summed E-state index contributed by atoms with van der Waals surface area (Å²) >= 11 is 0. The van der Waals surface area contributed by atoms with Gasteiger partial charge in [-0.3, -0.25) is 4.79 Å². The van der Waals surface area contributed by atoms with Crippen LogP contribution in [0.2, 0.25) is 0 Å². The topological polar surface area (TPSA) is 54.5 Å². The second-order valence-electron chi connectivity index (χ2n) is 5.92. The van der Waals surface area contributed by atoms with Crippen molar-refractivity contribution in [2.24, 2.45) is 5.92 Å². The number of carbonyl (C=O) groups is 1. The number of hydrogen-bond acceptors (Lipinski definition) is 4. The minimum absolute atomic E-state index is 0.137. The van der Waals surface area contributed by atoms with E-state index >= 15 is 0 Å². The Morgan fingerprint density at radius 3 is 2.28 bits per heavy atom. The first-order valence-electron chi connectivity index (χ1n) is 6.79. The van der Waals surface area contributed by atoms with Gasteiger partial charge in [0.25, 0.3) is 0 Å². The Bertz CT molecular complexity index is 404. The Morgan fingerprint density at radius 2 is 1.78 bits per heavy atom. The van der Waals surface area contributed by atoms with Gasteiger partial charge in [0, 0.05) is 30.7 Å². The van der Waals surface area contributed by atoms with Crippen LogP contribution in [-0.2, 0) is 14.6 Å². The average molecular weight is 273 g/mol. The Labute approximate surface area is 110 Å². The number of Topliss-reactive ketones (excluding diaryl/α,β-unsaturated/α-hetero) is 1. The van der Waals surface area contributed by atoms with E-state index in [4.69, 9.17) is 0 Å². The monoisotopic (exact) mass is 273 g/mol. The van der Waals surface area contributed by atoms with Gasteiger partial charge in [0.05, 0.1) is 5.75 Å². The lowest BCUT2D eigenvalue weighted by Crippen LogP contribution is -2.42. The maximum absolute atomic E-state index is 12.1. The standard InChI is InChI=1S/C13H23NO3S/c1-14-11-5-6-12(14)9-10(8-11)13(15)4-3-7-18(2,16)17/h10-12H,3-9H2,1-2H3. The molecule has 0 spiro atoms. The molecule has 2 saturated heterocycles. The third kappa shape index (κ3) is 3.32. The number of sulfone groups is 1. The van der Waals surface area contributed by atoms with Gasteiger partial charge in [-0.15, -0.1) is 0 Å². The van der Waals surface area contributed by atoms with Gasteiger partial charge in [-0.1, -0.05) is 0 Å². The van der Waals surface area contributed by atoms with E-state index in [1.165, 1.54) is 19.1 Å². The molecule has 2 fully saturated rings. The Morgan fingerprint density at radius 1 is 1.22 bits per heavy atom. The first kappa shape index (κ1) is 14.0. The molecule has 4 nitrogen and oxygen atoms in total. The zero-order valence-electron chi connectivity index (χ0n) is 11.3. The zero-order valence-corrected chi connectivity index (χ0v) is 12.1. The van der Waals surface area contributed by atoms with E-state index < -0.39 is 9.84 Å². The smallest absolute Gasteiger partial charge is 0.147 e. The van der Waals surface area contributed by atoms with Crippen molar-refractivity contribution in [3.05, 3.63) is 0 Å². The Kier molecular flexibility index (Phi) is 4.11. The molecule has 0 N–H and O–H groups in total. The minimum atomic E-state index is -2.93. The van der Waals surface area contributed by atoms with Crippen LogP contribution in [0, 0.1) is 5.92 Å². The van der Waals surface area contributed by atoms with Gasteiger partial charge >= 0.3 is 0 Å². The van der Waals surface area contributed by atoms with E-state index in [2.05, 4.69) is 11.9 Å². The highest BCUT2D eigenvalue weighted by Gasteiger charge is 2.40. The molecule has 18 heavy (non-hydrogen) atoms. The summed E-state index contributed by atoms with van der Waals surface area (Å²) in [7, 11) is -0.770. The third-order valence-electron chi connectivity index (χ3n) is 4.49. The fraction of sp³-hybridized carbons (Fsp3) is 0.923. The van der Waals surface area contributed by atoms with Crippen LogP contribution in [0.5, 0.6) is 0 Å². The first-order chi connectivity index (χ1) is 8.37.